The molecule has 0 saturated carbocycles. The van der Waals surface area contributed by atoms with Crippen LogP contribution in [-0.2, 0) is 25.5 Å². The Hall–Kier alpha value is -3.29. The number of nitrogens with zero attached hydrogens (tertiary/aromatic N) is 1. The Labute approximate surface area is 166 Å². The molecule has 0 bridgehead atoms. The number of aryl methyl sites for hydroxylation is 1. The zero-order valence-corrected chi connectivity index (χ0v) is 15.8. The molecule has 1 aliphatic heterocycles. The molecular formula is C21H20F2N2O4. The highest BCUT2D eigenvalue weighted by atomic mass is 19.2. The SMILES string of the molecule is CCc1ccccc1N1C[C@H](C(=O)OCC(=O)Nc2ccc(F)c(F)c2)CC1=O. The smallest absolute Gasteiger partial charge is 0.311 e. The molecule has 1 fully saturated rings. The largest absolute Gasteiger partial charge is 0.455 e. The first kappa shape index (κ1) is 20.4. The predicted octanol–water partition coefficient (Wildman–Crippen LogP) is 3.06. The molecule has 0 radical (unpaired) electrons. The van der Waals surface area contributed by atoms with E-state index in [1.165, 1.54) is 6.07 Å². The number of hydrogen-bond acceptors (Lipinski definition) is 4. The molecule has 29 heavy (non-hydrogen) atoms. The molecule has 1 saturated heterocycles. The summed E-state index contributed by atoms with van der Waals surface area (Å²) in [6.45, 7) is 1.57. The van der Waals surface area contributed by atoms with Gasteiger partial charge >= 0.3 is 5.97 Å². The Morgan fingerprint density at radius 2 is 1.93 bits per heavy atom. The molecule has 0 aliphatic carbocycles. The van der Waals surface area contributed by atoms with Crippen LogP contribution in [0.2, 0.25) is 0 Å². The number of nitrogens with one attached hydrogen (secondary N) is 1. The van der Waals surface area contributed by atoms with E-state index in [0.717, 1.165) is 29.8 Å². The zero-order valence-electron chi connectivity index (χ0n) is 15.8. The topological polar surface area (TPSA) is 75.7 Å². The predicted molar refractivity (Wildman–Crippen MR) is 102 cm³/mol. The van der Waals surface area contributed by atoms with E-state index >= 15 is 0 Å². The van der Waals surface area contributed by atoms with Crippen molar-refractivity contribution < 1.29 is 27.9 Å². The number of benzene rings is 2. The van der Waals surface area contributed by atoms with Gasteiger partial charge in [-0.3, -0.25) is 14.4 Å². The first-order chi connectivity index (χ1) is 13.9. The second-order valence-corrected chi connectivity index (χ2v) is 6.67. The zero-order chi connectivity index (χ0) is 21.0. The molecule has 3 rings (SSSR count). The number of ether oxygens (including phenoxy) is 1. The van der Waals surface area contributed by atoms with Gasteiger partial charge in [-0.2, -0.15) is 0 Å². The van der Waals surface area contributed by atoms with Gasteiger partial charge < -0.3 is 15.0 Å². The van der Waals surface area contributed by atoms with Crippen molar-refractivity contribution in [1.29, 1.82) is 0 Å². The minimum absolute atomic E-state index is 0.00166. The fraction of sp³-hybridized carbons (Fsp3) is 0.286. The van der Waals surface area contributed by atoms with Gasteiger partial charge in [-0.25, -0.2) is 8.78 Å². The molecule has 2 aromatic carbocycles. The summed E-state index contributed by atoms with van der Waals surface area (Å²) >= 11 is 0. The average molecular weight is 402 g/mol. The Bertz CT molecular complexity index is 948. The first-order valence-electron chi connectivity index (χ1n) is 9.18. The summed E-state index contributed by atoms with van der Waals surface area (Å²) in [5.41, 5.74) is 1.82. The Morgan fingerprint density at radius 3 is 2.66 bits per heavy atom. The minimum Gasteiger partial charge on any atom is -0.455 e. The third-order valence-electron chi connectivity index (χ3n) is 4.67. The number of carbonyl (C=O) groups is 3. The number of amides is 2. The monoisotopic (exact) mass is 402 g/mol. The van der Waals surface area contributed by atoms with Crippen LogP contribution < -0.4 is 10.2 Å². The summed E-state index contributed by atoms with van der Waals surface area (Å²) in [7, 11) is 0. The summed E-state index contributed by atoms with van der Waals surface area (Å²) in [6.07, 6.45) is 0.751. The van der Waals surface area contributed by atoms with Gasteiger partial charge in [0.1, 0.15) is 0 Å². The number of hydrogen-bond donors (Lipinski definition) is 1. The van der Waals surface area contributed by atoms with Gasteiger partial charge in [0.2, 0.25) is 5.91 Å². The van der Waals surface area contributed by atoms with E-state index in [-0.39, 0.29) is 24.6 Å². The molecule has 8 heteroatoms. The molecule has 152 valence electrons. The highest BCUT2D eigenvalue weighted by molar-refractivity contribution is 6.00. The van der Waals surface area contributed by atoms with Crippen LogP contribution in [0.4, 0.5) is 20.2 Å². The van der Waals surface area contributed by atoms with Crippen LogP contribution in [0.25, 0.3) is 0 Å². The number of anilines is 2. The van der Waals surface area contributed by atoms with Gasteiger partial charge in [-0.1, -0.05) is 25.1 Å². The number of halogens is 2. The van der Waals surface area contributed by atoms with E-state index in [0.29, 0.717) is 0 Å². The van der Waals surface area contributed by atoms with E-state index in [2.05, 4.69) is 5.32 Å². The summed E-state index contributed by atoms with van der Waals surface area (Å²) in [6, 6.07) is 10.4. The Kier molecular flexibility index (Phi) is 6.21. The molecule has 2 aromatic rings. The molecule has 2 amide bonds. The molecule has 1 aliphatic rings. The normalized spacial score (nSPS) is 16.0. The third kappa shape index (κ3) is 4.77. The Balaban J connectivity index is 1.55. The highest BCUT2D eigenvalue weighted by Crippen LogP contribution is 2.29. The van der Waals surface area contributed by atoms with Crippen molar-refractivity contribution in [2.45, 2.75) is 19.8 Å². The lowest BCUT2D eigenvalue weighted by Crippen LogP contribution is -2.28. The van der Waals surface area contributed by atoms with Crippen molar-refractivity contribution in [3.8, 4) is 0 Å². The van der Waals surface area contributed by atoms with E-state index in [1.807, 2.05) is 31.2 Å². The van der Waals surface area contributed by atoms with Crippen LogP contribution in [-0.4, -0.2) is 30.9 Å². The van der Waals surface area contributed by atoms with Gasteiger partial charge in [0, 0.05) is 30.4 Å². The molecule has 0 spiro atoms. The number of esters is 1. The molecule has 1 atom stereocenters. The molecule has 1 N–H and O–H groups in total. The van der Waals surface area contributed by atoms with Crippen LogP contribution >= 0.6 is 0 Å². The van der Waals surface area contributed by atoms with Crippen LogP contribution in [0.5, 0.6) is 0 Å². The van der Waals surface area contributed by atoms with Crippen LogP contribution in [0.15, 0.2) is 42.5 Å². The van der Waals surface area contributed by atoms with Crippen molar-refractivity contribution in [3.63, 3.8) is 0 Å². The lowest BCUT2D eigenvalue weighted by molar-refractivity contribution is -0.151. The van der Waals surface area contributed by atoms with Crippen molar-refractivity contribution in [1.82, 2.24) is 0 Å². The maximum Gasteiger partial charge on any atom is 0.311 e. The lowest BCUT2D eigenvalue weighted by Gasteiger charge is -2.19. The second-order valence-electron chi connectivity index (χ2n) is 6.67. The number of carbonyl (C=O) groups excluding carboxylic acids is 3. The van der Waals surface area contributed by atoms with Crippen molar-refractivity contribution >= 4 is 29.2 Å². The molecule has 0 aromatic heterocycles. The van der Waals surface area contributed by atoms with Gasteiger partial charge in [-0.15, -0.1) is 0 Å². The summed E-state index contributed by atoms with van der Waals surface area (Å²) in [5.74, 6) is -4.34. The van der Waals surface area contributed by atoms with Crippen molar-refractivity contribution in [2.75, 3.05) is 23.4 Å². The lowest BCUT2D eigenvalue weighted by atomic mass is 10.1. The second kappa shape index (κ2) is 8.81. The standard InChI is InChI=1S/C21H20F2N2O4/c1-2-13-5-3-4-6-18(13)25-11-14(9-20(25)27)21(28)29-12-19(26)24-15-7-8-16(22)17(23)10-15/h3-8,10,14H,2,9,11-12H2,1H3,(H,24,26)/t14-/m1/s1. The molecule has 1 heterocycles. The fourth-order valence-electron chi connectivity index (χ4n) is 3.20. The quantitative estimate of drug-likeness (QED) is 0.754. The summed E-state index contributed by atoms with van der Waals surface area (Å²) in [5, 5.41) is 2.31. The van der Waals surface area contributed by atoms with E-state index < -0.39 is 36.0 Å². The summed E-state index contributed by atoms with van der Waals surface area (Å²) < 4.78 is 31.1. The summed E-state index contributed by atoms with van der Waals surface area (Å²) in [4.78, 5) is 38.1. The molecule has 0 unspecified atom stereocenters. The van der Waals surface area contributed by atoms with Gasteiger partial charge in [0.15, 0.2) is 18.2 Å². The highest BCUT2D eigenvalue weighted by Gasteiger charge is 2.37. The minimum atomic E-state index is -1.10. The van der Waals surface area contributed by atoms with Crippen LogP contribution in [0, 0.1) is 17.6 Å². The van der Waals surface area contributed by atoms with E-state index in [4.69, 9.17) is 4.74 Å². The number of rotatable bonds is 6. The van der Waals surface area contributed by atoms with Gasteiger partial charge in [0.05, 0.1) is 5.92 Å². The van der Waals surface area contributed by atoms with Crippen LogP contribution in [0.1, 0.15) is 18.9 Å². The van der Waals surface area contributed by atoms with Crippen LogP contribution in [0.3, 0.4) is 0 Å². The van der Waals surface area contributed by atoms with Crippen molar-refractivity contribution in [3.05, 3.63) is 59.7 Å². The average Bonchev–Trinajstić information content (AvgIpc) is 3.10. The van der Waals surface area contributed by atoms with E-state index in [9.17, 15) is 23.2 Å². The number of para-hydroxylation sites is 1. The fourth-order valence-corrected chi connectivity index (χ4v) is 3.20. The van der Waals surface area contributed by atoms with Gasteiger partial charge in [-0.05, 0) is 30.2 Å². The first-order valence-corrected chi connectivity index (χ1v) is 9.18. The molecule has 6 nitrogen and oxygen atoms in total. The third-order valence-corrected chi connectivity index (χ3v) is 4.67. The van der Waals surface area contributed by atoms with E-state index in [1.54, 1.807) is 4.90 Å². The Morgan fingerprint density at radius 1 is 1.17 bits per heavy atom. The van der Waals surface area contributed by atoms with Gasteiger partial charge in [0.25, 0.3) is 5.91 Å². The maximum atomic E-state index is 13.2. The molecular weight excluding hydrogens is 382 g/mol. The van der Waals surface area contributed by atoms with Crippen molar-refractivity contribution in [2.24, 2.45) is 5.92 Å². The maximum absolute atomic E-state index is 13.2.